The summed E-state index contributed by atoms with van der Waals surface area (Å²) >= 11 is 0. The van der Waals surface area contributed by atoms with E-state index >= 15 is 0 Å². The quantitative estimate of drug-likeness (QED) is 0.826. The Balaban J connectivity index is 2.85. The van der Waals surface area contributed by atoms with Crippen LogP contribution in [0.5, 0.6) is 11.5 Å². The molecule has 0 atom stereocenters. The lowest BCUT2D eigenvalue weighted by molar-refractivity contribution is -0.146. The van der Waals surface area contributed by atoms with Crippen molar-refractivity contribution < 1.29 is 24.2 Å². The number of hydrogen-bond acceptors (Lipinski definition) is 4. The number of carbonyl (C=O) groups excluding carboxylic acids is 1. The van der Waals surface area contributed by atoms with E-state index in [4.69, 9.17) is 14.6 Å². The molecule has 0 heterocycles. The number of hydrogen-bond donors (Lipinski definition) is 2. The molecule has 0 fully saturated rings. The van der Waals surface area contributed by atoms with E-state index in [1.807, 2.05) is 0 Å². The molecule has 1 amide bonds. The van der Waals surface area contributed by atoms with Gasteiger partial charge in [-0.1, -0.05) is 0 Å². The van der Waals surface area contributed by atoms with Crippen LogP contribution in [0.25, 0.3) is 0 Å². The van der Waals surface area contributed by atoms with E-state index in [2.05, 4.69) is 5.32 Å². The molecule has 0 bridgehead atoms. The van der Waals surface area contributed by atoms with Crippen molar-refractivity contribution in [1.29, 1.82) is 0 Å². The van der Waals surface area contributed by atoms with Crippen molar-refractivity contribution in [2.75, 3.05) is 20.8 Å². The fraction of sp³-hybridized carbons (Fsp3) is 0.429. The Morgan fingerprint density at radius 2 is 1.90 bits per heavy atom. The van der Waals surface area contributed by atoms with E-state index in [0.717, 1.165) is 0 Å². The zero-order valence-electron chi connectivity index (χ0n) is 12.0. The third kappa shape index (κ3) is 3.63. The first kappa shape index (κ1) is 15.8. The zero-order valence-corrected chi connectivity index (χ0v) is 12.0. The molecule has 0 aliphatic heterocycles. The van der Waals surface area contributed by atoms with Crippen LogP contribution in [0.4, 0.5) is 0 Å². The molecule has 1 aromatic rings. The van der Waals surface area contributed by atoms with Crippen LogP contribution >= 0.6 is 0 Å². The Morgan fingerprint density at radius 1 is 1.25 bits per heavy atom. The number of rotatable bonds is 6. The van der Waals surface area contributed by atoms with Gasteiger partial charge in [-0.2, -0.15) is 0 Å². The van der Waals surface area contributed by atoms with E-state index in [0.29, 0.717) is 17.1 Å². The second-order valence-electron chi connectivity index (χ2n) is 4.94. The molecule has 0 aliphatic rings. The number of carboxylic acids is 1. The smallest absolute Gasteiger partial charge is 0.310 e. The van der Waals surface area contributed by atoms with E-state index in [-0.39, 0.29) is 12.5 Å². The summed E-state index contributed by atoms with van der Waals surface area (Å²) in [6.45, 7) is 3.11. The van der Waals surface area contributed by atoms with Gasteiger partial charge >= 0.3 is 5.97 Å². The normalized spacial score (nSPS) is 10.8. The van der Waals surface area contributed by atoms with Gasteiger partial charge in [-0.15, -0.1) is 0 Å². The molecule has 1 rings (SSSR count). The van der Waals surface area contributed by atoms with Crippen molar-refractivity contribution in [2.24, 2.45) is 5.41 Å². The van der Waals surface area contributed by atoms with Crippen molar-refractivity contribution in [2.45, 2.75) is 13.8 Å². The van der Waals surface area contributed by atoms with Crippen LogP contribution in [0.15, 0.2) is 18.2 Å². The van der Waals surface area contributed by atoms with Gasteiger partial charge in [0.05, 0.1) is 25.2 Å². The van der Waals surface area contributed by atoms with Gasteiger partial charge in [-0.3, -0.25) is 9.59 Å². The van der Waals surface area contributed by atoms with E-state index < -0.39 is 11.4 Å². The van der Waals surface area contributed by atoms with Gasteiger partial charge in [0.15, 0.2) is 0 Å². The molecule has 0 aromatic heterocycles. The first-order valence-electron chi connectivity index (χ1n) is 6.05. The lowest BCUT2D eigenvalue weighted by atomic mass is 9.94. The maximum absolute atomic E-state index is 12.1. The van der Waals surface area contributed by atoms with Gasteiger partial charge in [-0.25, -0.2) is 0 Å². The first-order valence-corrected chi connectivity index (χ1v) is 6.05. The van der Waals surface area contributed by atoms with E-state index in [9.17, 15) is 9.59 Å². The standard InChI is InChI=1S/C14H19NO5/c1-14(2,13(17)18)8-15-12(16)10-6-5-9(19-3)7-11(10)20-4/h5-7H,8H2,1-4H3,(H,15,16)(H,17,18). The molecule has 0 radical (unpaired) electrons. The number of benzene rings is 1. The molecule has 1 aromatic carbocycles. The van der Waals surface area contributed by atoms with Gasteiger partial charge in [-0.05, 0) is 26.0 Å². The van der Waals surface area contributed by atoms with Gasteiger partial charge in [0.1, 0.15) is 11.5 Å². The average Bonchev–Trinajstić information content (AvgIpc) is 2.43. The van der Waals surface area contributed by atoms with Crippen LogP contribution in [-0.4, -0.2) is 37.7 Å². The van der Waals surface area contributed by atoms with Gasteiger partial charge in [0, 0.05) is 12.6 Å². The number of ether oxygens (including phenoxy) is 2. The Hall–Kier alpha value is -2.24. The Labute approximate surface area is 117 Å². The van der Waals surface area contributed by atoms with Gasteiger partial charge in [0.25, 0.3) is 5.91 Å². The second kappa shape index (κ2) is 6.27. The van der Waals surface area contributed by atoms with Crippen molar-refractivity contribution in [3.63, 3.8) is 0 Å². The van der Waals surface area contributed by atoms with Crippen LogP contribution in [0.1, 0.15) is 24.2 Å². The summed E-state index contributed by atoms with van der Waals surface area (Å²) in [6.07, 6.45) is 0. The number of aliphatic carboxylic acids is 1. The molecule has 0 spiro atoms. The van der Waals surface area contributed by atoms with E-state index in [1.165, 1.54) is 14.2 Å². The molecule has 0 saturated carbocycles. The highest BCUT2D eigenvalue weighted by molar-refractivity contribution is 5.97. The fourth-order valence-electron chi connectivity index (χ4n) is 1.46. The monoisotopic (exact) mass is 281 g/mol. The number of carboxylic acid groups (broad SMARTS) is 1. The summed E-state index contributed by atoms with van der Waals surface area (Å²) < 4.78 is 10.2. The molecular formula is C14H19NO5. The van der Waals surface area contributed by atoms with Crippen molar-refractivity contribution in [3.05, 3.63) is 23.8 Å². The number of nitrogens with one attached hydrogen (secondary N) is 1. The summed E-state index contributed by atoms with van der Waals surface area (Å²) in [7, 11) is 2.97. The maximum Gasteiger partial charge on any atom is 0.310 e. The summed E-state index contributed by atoms with van der Waals surface area (Å²) in [5, 5.41) is 11.6. The van der Waals surface area contributed by atoms with Crippen LogP contribution in [0.3, 0.4) is 0 Å². The molecule has 6 nitrogen and oxygen atoms in total. The van der Waals surface area contributed by atoms with Gasteiger partial charge in [0.2, 0.25) is 0 Å². The highest BCUT2D eigenvalue weighted by Crippen LogP contribution is 2.24. The lowest BCUT2D eigenvalue weighted by Gasteiger charge is -2.20. The predicted molar refractivity (Wildman–Crippen MR) is 73.3 cm³/mol. The minimum Gasteiger partial charge on any atom is -0.497 e. The Morgan fingerprint density at radius 3 is 2.40 bits per heavy atom. The molecule has 20 heavy (non-hydrogen) atoms. The molecule has 110 valence electrons. The highest BCUT2D eigenvalue weighted by Gasteiger charge is 2.28. The summed E-state index contributed by atoms with van der Waals surface area (Å²) in [5.74, 6) is -0.419. The van der Waals surface area contributed by atoms with Crippen LogP contribution in [-0.2, 0) is 4.79 Å². The Bertz CT molecular complexity index is 510. The maximum atomic E-state index is 12.1. The van der Waals surface area contributed by atoms with E-state index in [1.54, 1.807) is 32.0 Å². The first-order chi connectivity index (χ1) is 9.31. The number of amides is 1. The van der Waals surface area contributed by atoms with Gasteiger partial charge < -0.3 is 19.9 Å². The molecular weight excluding hydrogens is 262 g/mol. The largest absolute Gasteiger partial charge is 0.497 e. The molecule has 0 aliphatic carbocycles. The predicted octanol–water partition coefficient (Wildman–Crippen LogP) is 1.54. The minimum atomic E-state index is -1.03. The fourth-order valence-corrected chi connectivity index (χ4v) is 1.46. The van der Waals surface area contributed by atoms with Crippen molar-refractivity contribution in [3.8, 4) is 11.5 Å². The average molecular weight is 281 g/mol. The lowest BCUT2D eigenvalue weighted by Crippen LogP contribution is -2.39. The molecule has 6 heteroatoms. The minimum absolute atomic E-state index is 0.0242. The number of carbonyl (C=O) groups is 2. The zero-order chi connectivity index (χ0) is 15.3. The highest BCUT2D eigenvalue weighted by atomic mass is 16.5. The molecule has 2 N–H and O–H groups in total. The second-order valence-corrected chi connectivity index (χ2v) is 4.94. The third-order valence-corrected chi connectivity index (χ3v) is 2.92. The SMILES string of the molecule is COc1ccc(C(=O)NCC(C)(C)C(=O)O)c(OC)c1. The summed E-state index contributed by atoms with van der Waals surface area (Å²) in [6, 6.07) is 4.80. The molecule has 0 unspecified atom stereocenters. The van der Waals surface area contributed by atoms with Crippen molar-refractivity contribution in [1.82, 2.24) is 5.32 Å². The summed E-state index contributed by atoms with van der Waals surface area (Å²) in [5.41, 5.74) is -0.704. The van der Waals surface area contributed by atoms with Crippen LogP contribution in [0.2, 0.25) is 0 Å². The van der Waals surface area contributed by atoms with Crippen LogP contribution < -0.4 is 14.8 Å². The third-order valence-electron chi connectivity index (χ3n) is 2.92. The molecule has 0 saturated heterocycles. The Kier molecular flexibility index (Phi) is 4.96. The number of methoxy groups -OCH3 is 2. The summed E-state index contributed by atoms with van der Waals surface area (Å²) in [4.78, 5) is 23.1. The van der Waals surface area contributed by atoms with Crippen LogP contribution in [0, 0.1) is 5.41 Å². The topological polar surface area (TPSA) is 84.9 Å². The van der Waals surface area contributed by atoms with Crippen molar-refractivity contribution >= 4 is 11.9 Å².